The number of anilines is 1. The van der Waals surface area contributed by atoms with Crippen molar-refractivity contribution in [3.8, 4) is 5.75 Å². The second-order valence-electron chi connectivity index (χ2n) is 5.93. The molecule has 0 spiro atoms. The van der Waals surface area contributed by atoms with Crippen LogP contribution in [0, 0.1) is 0 Å². The molecular weight excluding hydrogens is 320 g/mol. The summed E-state index contributed by atoms with van der Waals surface area (Å²) >= 11 is 0. The molecule has 0 saturated carbocycles. The summed E-state index contributed by atoms with van der Waals surface area (Å²) in [7, 11) is 0. The van der Waals surface area contributed by atoms with Gasteiger partial charge in [-0.15, -0.1) is 0 Å². The molecule has 25 heavy (non-hydrogen) atoms. The number of hydrogen-bond acceptors (Lipinski definition) is 4. The summed E-state index contributed by atoms with van der Waals surface area (Å²) in [5.74, 6) is 0.266. The second-order valence-corrected chi connectivity index (χ2v) is 5.93. The molecule has 0 aliphatic carbocycles. The van der Waals surface area contributed by atoms with Gasteiger partial charge in [0.2, 0.25) is 11.8 Å². The van der Waals surface area contributed by atoms with Crippen LogP contribution < -0.4 is 10.1 Å². The van der Waals surface area contributed by atoms with E-state index in [2.05, 4.69) is 10.3 Å². The third-order valence-electron chi connectivity index (χ3n) is 4.09. The SMILES string of the molecule is CCOc1ccc(NC(=O)CC(=O)N2CCCn3cncc3C2)cc1. The van der Waals surface area contributed by atoms with E-state index in [1.807, 2.05) is 11.5 Å². The van der Waals surface area contributed by atoms with E-state index in [0.29, 0.717) is 25.4 Å². The van der Waals surface area contributed by atoms with Crippen LogP contribution in [0.4, 0.5) is 5.69 Å². The van der Waals surface area contributed by atoms with Gasteiger partial charge < -0.3 is 19.5 Å². The van der Waals surface area contributed by atoms with Gasteiger partial charge in [-0.1, -0.05) is 0 Å². The van der Waals surface area contributed by atoms with Crippen molar-refractivity contribution in [1.29, 1.82) is 0 Å². The Morgan fingerprint density at radius 1 is 1.24 bits per heavy atom. The summed E-state index contributed by atoms with van der Waals surface area (Å²) in [5, 5.41) is 2.75. The predicted octanol–water partition coefficient (Wildman–Crippen LogP) is 2.04. The van der Waals surface area contributed by atoms with Gasteiger partial charge in [0.1, 0.15) is 12.2 Å². The van der Waals surface area contributed by atoms with Gasteiger partial charge in [-0.2, -0.15) is 0 Å². The normalized spacial score (nSPS) is 13.7. The van der Waals surface area contributed by atoms with E-state index < -0.39 is 0 Å². The standard InChI is InChI=1S/C18H22N4O3/c1-2-25-16-6-4-14(5-7-16)20-17(23)10-18(24)21-8-3-9-22-13-19-11-15(22)12-21/h4-7,11,13H,2-3,8-10,12H2,1H3,(H,20,23). The number of imidazole rings is 1. The van der Waals surface area contributed by atoms with Crippen LogP contribution >= 0.6 is 0 Å². The number of benzene rings is 1. The molecule has 0 bridgehead atoms. The van der Waals surface area contributed by atoms with E-state index in [4.69, 9.17) is 4.74 Å². The molecule has 2 heterocycles. The number of carbonyl (C=O) groups is 2. The molecule has 2 aromatic rings. The Hall–Kier alpha value is -2.83. The highest BCUT2D eigenvalue weighted by molar-refractivity contribution is 6.03. The van der Waals surface area contributed by atoms with Crippen molar-refractivity contribution < 1.29 is 14.3 Å². The van der Waals surface area contributed by atoms with Gasteiger partial charge in [0.25, 0.3) is 0 Å². The summed E-state index contributed by atoms with van der Waals surface area (Å²) in [5.41, 5.74) is 1.65. The molecule has 1 aliphatic heterocycles. The molecule has 1 N–H and O–H groups in total. The van der Waals surface area contributed by atoms with Gasteiger partial charge >= 0.3 is 0 Å². The van der Waals surface area contributed by atoms with Crippen molar-refractivity contribution in [3.05, 3.63) is 42.5 Å². The van der Waals surface area contributed by atoms with Gasteiger partial charge in [0.05, 0.1) is 25.2 Å². The maximum Gasteiger partial charge on any atom is 0.233 e. The quantitative estimate of drug-likeness (QED) is 0.844. The van der Waals surface area contributed by atoms with E-state index in [0.717, 1.165) is 24.4 Å². The average molecular weight is 342 g/mol. The fraction of sp³-hybridized carbons (Fsp3) is 0.389. The number of ether oxygens (including phenoxy) is 1. The third kappa shape index (κ3) is 4.37. The lowest BCUT2D eigenvalue weighted by Crippen LogP contribution is -2.33. The fourth-order valence-electron chi connectivity index (χ4n) is 2.86. The van der Waals surface area contributed by atoms with Crippen LogP contribution in [0.25, 0.3) is 0 Å². The Kier molecular flexibility index (Phi) is 5.33. The minimum Gasteiger partial charge on any atom is -0.494 e. The molecule has 1 aromatic heterocycles. The van der Waals surface area contributed by atoms with Crippen LogP contribution in [0.5, 0.6) is 5.75 Å². The zero-order valence-electron chi connectivity index (χ0n) is 14.3. The van der Waals surface area contributed by atoms with Crippen molar-refractivity contribution in [1.82, 2.24) is 14.5 Å². The zero-order chi connectivity index (χ0) is 17.6. The van der Waals surface area contributed by atoms with Crippen molar-refractivity contribution in [2.75, 3.05) is 18.5 Å². The van der Waals surface area contributed by atoms with Crippen LogP contribution in [0.3, 0.4) is 0 Å². The lowest BCUT2D eigenvalue weighted by atomic mass is 10.2. The van der Waals surface area contributed by atoms with Crippen LogP contribution in [0.1, 0.15) is 25.5 Å². The largest absolute Gasteiger partial charge is 0.494 e. The summed E-state index contributed by atoms with van der Waals surface area (Å²) in [6.07, 6.45) is 4.24. The molecule has 132 valence electrons. The Bertz CT molecular complexity index is 739. The molecule has 2 amide bonds. The Balaban J connectivity index is 1.54. The number of rotatable bonds is 5. The monoisotopic (exact) mass is 342 g/mol. The summed E-state index contributed by atoms with van der Waals surface area (Å²) in [4.78, 5) is 30.4. The first-order valence-corrected chi connectivity index (χ1v) is 8.45. The van der Waals surface area contributed by atoms with E-state index in [9.17, 15) is 9.59 Å². The van der Waals surface area contributed by atoms with E-state index in [1.54, 1.807) is 41.7 Å². The zero-order valence-corrected chi connectivity index (χ0v) is 14.3. The van der Waals surface area contributed by atoms with Gasteiger partial charge in [-0.05, 0) is 37.6 Å². The molecule has 0 unspecified atom stereocenters. The molecule has 1 aliphatic rings. The molecule has 0 saturated heterocycles. The number of nitrogens with one attached hydrogen (secondary N) is 1. The van der Waals surface area contributed by atoms with Crippen LogP contribution in [0.15, 0.2) is 36.8 Å². The Morgan fingerprint density at radius 3 is 2.80 bits per heavy atom. The Labute approximate surface area is 146 Å². The maximum absolute atomic E-state index is 12.4. The van der Waals surface area contributed by atoms with Crippen molar-refractivity contribution >= 4 is 17.5 Å². The maximum atomic E-state index is 12.4. The van der Waals surface area contributed by atoms with Crippen LogP contribution in [0.2, 0.25) is 0 Å². The van der Waals surface area contributed by atoms with Gasteiger partial charge in [0.15, 0.2) is 0 Å². The first-order chi connectivity index (χ1) is 12.2. The highest BCUT2D eigenvalue weighted by Gasteiger charge is 2.21. The Morgan fingerprint density at radius 2 is 2.04 bits per heavy atom. The minimum atomic E-state index is -0.313. The lowest BCUT2D eigenvalue weighted by Gasteiger charge is -2.19. The fourth-order valence-corrected chi connectivity index (χ4v) is 2.86. The molecule has 0 radical (unpaired) electrons. The number of aryl methyl sites for hydroxylation is 1. The third-order valence-corrected chi connectivity index (χ3v) is 4.09. The van der Waals surface area contributed by atoms with E-state index in [1.165, 1.54) is 0 Å². The minimum absolute atomic E-state index is 0.165. The van der Waals surface area contributed by atoms with Crippen LogP contribution in [-0.2, 0) is 22.7 Å². The predicted molar refractivity (Wildman–Crippen MR) is 93.1 cm³/mol. The summed E-state index contributed by atoms with van der Waals surface area (Å²) in [6, 6.07) is 7.10. The van der Waals surface area contributed by atoms with Gasteiger partial charge in [-0.25, -0.2) is 4.98 Å². The van der Waals surface area contributed by atoms with Crippen molar-refractivity contribution in [2.45, 2.75) is 32.9 Å². The number of nitrogens with zero attached hydrogens (tertiary/aromatic N) is 3. The molecule has 1 aromatic carbocycles. The molecule has 7 nitrogen and oxygen atoms in total. The number of amides is 2. The molecular formula is C18H22N4O3. The average Bonchev–Trinajstić information content (AvgIpc) is 2.93. The number of carbonyl (C=O) groups excluding carboxylic acids is 2. The molecule has 3 rings (SSSR count). The molecule has 0 atom stereocenters. The smallest absolute Gasteiger partial charge is 0.233 e. The van der Waals surface area contributed by atoms with E-state index >= 15 is 0 Å². The first kappa shape index (κ1) is 17.0. The highest BCUT2D eigenvalue weighted by atomic mass is 16.5. The summed E-state index contributed by atoms with van der Waals surface area (Å²) in [6.45, 7) is 4.50. The highest BCUT2D eigenvalue weighted by Crippen LogP contribution is 2.16. The number of hydrogen-bond donors (Lipinski definition) is 1. The van der Waals surface area contributed by atoms with Gasteiger partial charge in [0, 0.05) is 25.0 Å². The second kappa shape index (κ2) is 7.83. The van der Waals surface area contributed by atoms with Crippen LogP contribution in [-0.4, -0.2) is 39.4 Å². The van der Waals surface area contributed by atoms with E-state index in [-0.39, 0.29) is 18.2 Å². The molecule has 0 fully saturated rings. The van der Waals surface area contributed by atoms with Crippen molar-refractivity contribution in [3.63, 3.8) is 0 Å². The summed E-state index contributed by atoms with van der Waals surface area (Å²) < 4.78 is 7.41. The number of aromatic nitrogens is 2. The van der Waals surface area contributed by atoms with Gasteiger partial charge in [-0.3, -0.25) is 9.59 Å². The first-order valence-electron chi connectivity index (χ1n) is 8.45. The topological polar surface area (TPSA) is 76.5 Å². The molecule has 7 heteroatoms. The lowest BCUT2D eigenvalue weighted by molar-refractivity contribution is -0.135. The van der Waals surface area contributed by atoms with Crippen molar-refractivity contribution in [2.24, 2.45) is 0 Å². The number of fused-ring (bicyclic) bond motifs is 1.